The minimum absolute atomic E-state index is 0.0245. The van der Waals surface area contributed by atoms with Crippen molar-refractivity contribution in [2.45, 2.75) is 65.1 Å². The van der Waals surface area contributed by atoms with E-state index < -0.39 is 6.10 Å². The number of Topliss-reactive ketones (excluding diaryl/α,β-unsaturated/α-hetero) is 1. The Kier molecular flexibility index (Phi) is 7.57. The Labute approximate surface area is 131 Å². The lowest BCUT2D eigenvalue weighted by Gasteiger charge is -2.06. The van der Waals surface area contributed by atoms with Gasteiger partial charge in [0.1, 0.15) is 6.10 Å². The number of allylic oxidation sites excluding steroid dienone is 3. The van der Waals surface area contributed by atoms with Crippen LogP contribution in [0.1, 0.15) is 52.9 Å². The molecule has 122 valence electrons. The van der Waals surface area contributed by atoms with Gasteiger partial charge in [-0.2, -0.15) is 0 Å². The van der Waals surface area contributed by atoms with E-state index in [1.807, 2.05) is 26.0 Å². The summed E-state index contributed by atoms with van der Waals surface area (Å²) in [5.41, 5.74) is 0.682. The van der Waals surface area contributed by atoms with Gasteiger partial charge in [0.15, 0.2) is 5.78 Å². The molecule has 0 radical (unpaired) electrons. The molecule has 0 aliphatic heterocycles. The molecule has 0 aromatic carbocycles. The van der Waals surface area contributed by atoms with Gasteiger partial charge in [0, 0.05) is 13.3 Å². The van der Waals surface area contributed by atoms with E-state index in [9.17, 15) is 14.4 Å². The van der Waals surface area contributed by atoms with Crippen molar-refractivity contribution in [2.24, 2.45) is 0 Å². The molecule has 0 spiro atoms. The first-order chi connectivity index (χ1) is 10.4. The maximum atomic E-state index is 11.7. The lowest BCUT2D eigenvalue weighted by molar-refractivity contribution is -0.147. The van der Waals surface area contributed by atoms with Crippen molar-refractivity contribution in [1.29, 1.82) is 0 Å². The molecule has 0 heterocycles. The van der Waals surface area contributed by atoms with Crippen molar-refractivity contribution in [3.63, 3.8) is 0 Å². The van der Waals surface area contributed by atoms with Crippen LogP contribution in [0.5, 0.6) is 0 Å². The highest BCUT2D eigenvalue weighted by Crippen LogP contribution is 2.21. The molecule has 0 saturated heterocycles. The van der Waals surface area contributed by atoms with E-state index in [1.165, 1.54) is 6.92 Å². The molecule has 0 N–H and O–H groups in total. The minimum atomic E-state index is -0.417. The summed E-state index contributed by atoms with van der Waals surface area (Å²) in [4.78, 5) is 33.9. The molecule has 1 aliphatic rings. The first kappa shape index (κ1) is 18.1. The Morgan fingerprint density at radius 3 is 2.73 bits per heavy atom. The lowest BCUT2D eigenvalue weighted by atomic mass is 10.1. The van der Waals surface area contributed by atoms with Crippen LogP contribution in [-0.2, 0) is 23.9 Å². The summed E-state index contributed by atoms with van der Waals surface area (Å²) < 4.78 is 10.0. The van der Waals surface area contributed by atoms with E-state index in [4.69, 9.17) is 9.47 Å². The highest BCUT2D eigenvalue weighted by molar-refractivity contribution is 5.98. The van der Waals surface area contributed by atoms with Crippen LogP contribution in [0.4, 0.5) is 0 Å². The van der Waals surface area contributed by atoms with Crippen LogP contribution in [0.25, 0.3) is 0 Å². The molecule has 0 amide bonds. The Balaban J connectivity index is 2.24. The second-order valence-electron chi connectivity index (χ2n) is 5.57. The summed E-state index contributed by atoms with van der Waals surface area (Å²) >= 11 is 0. The molecule has 1 atom stereocenters. The smallest absolute Gasteiger partial charge is 0.306 e. The molecule has 22 heavy (non-hydrogen) atoms. The van der Waals surface area contributed by atoms with Crippen LogP contribution in [0, 0.1) is 0 Å². The Bertz CT molecular complexity index is 473. The van der Waals surface area contributed by atoms with E-state index >= 15 is 0 Å². The van der Waals surface area contributed by atoms with Crippen molar-refractivity contribution >= 4 is 17.7 Å². The van der Waals surface area contributed by atoms with E-state index in [0.29, 0.717) is 18.4 Å². The van der Waals surface area contributed by atoms with E-state index in [0.717, 1.165) is 12.8 Å². The summed E-state index contributed by atoms with van der Waals surface area (Å²) in [6, 6.07) is 0. The average molecular weight is 308 g/mol. The van der Waals surface area contributed by atoms with Crippen molar-refractivity contribution in [3.8, 4) is 0 Å². The highest BCUT2D eigenvalue weighted by Gasteiger charge is 2.24. The average Bonchev–Trinajstić information content (AvgIpc) is 2.72. The molecule has 5 nitrogen and oxygen atoms in total. The predicted octanol–water partition coefficient (Wildman–Crippen LogP) is 2.89. The summed E-state index contributed by atoms with van der Waals surface area (Å²) in [5, 5.41) is 0. The SMILES string of the molecule is CC(=O)O[C@H]1C=C(C/C=C\CCCC(=O)OC(C)C)C(=O)C1. The summed E-state index contributed by atoms with van der Waals surface area (Å²) in [6.45, 7) is 4.99. The highest BCUT2D eigenvalue weighted by atomic mass is 16.5. The minimum Gasteiger partial charge on any atom is -0.463 e. The molecule has 1 aliphatic carbocycles. The first-order valence-electron chi connectivity index (χ1n) is 7.64. The maximum Gasteiger partial charge on any atom is 0.306 e. The molecule has 5 heteroatoms. The first-order valence-corrected chi connectivity index (χ1v) is 7.64. The van der Waals surface area contributed by atoms with Gasteiger partial charge in [0.2, 0.25) is 0 Å². The fourth-order valence-electron chi connectivity index (χ4n) is 2.18. The molecular formula is C17H24O5. The molecule has 0 aromatic rings. The van der Waals surface area contributed by atoms with Gasteiger partial charge >= 0.3 is 11.9 Å². The normalized spacial score (nSPS) is 17.9. The molecule has 0 saturated carbocycles. The van der Waals surface area contributed by atoms with Crippen LogP contribution in [0.15, 0.2) is 23.8 Å². The van der Waals surface area contributed by atoms with Gasteiger partial charge in [-0.3, -0.25) is 14.4 Å². The van der Waals surface area contributed by atoms with Crippen molar-refractivity contribution < 1.29 is 23.9 Å². The molecule has 0 bridgehead atoms. The number of hydrogen-bond donors (Lipinski definition) is 0. The number of hydrogen-bond acceptors (Lipinski definition) is 5. The van der Waals surface area contributed by atoms with Crippen LogP contribution in [0.2, 0.25) is 0 Å². The van der Waals surface area contributed by atoms with Gasteiger partial charge in [0.05, 0.1) is 12.5 Å². The predicted molar refractivity (Wildman–Crippen MR) is 82.1 cm³/mol. The Morgan fingerprint density at radius 2 is 2.09 bits per heavy atom. The molecule has 1 rings (SSSR count). The number of esters is 2. The summed E-state index contributed by atoms with van der Waals surface area (Å²) in [6.07, 6.45) is 7.76. The van der Waals surface area contributed by atoms with Crippen LogP contribution in [-0.4, -0.2) is 29.9 Å². The Hall–Kier alpha value is -1.91. The third-order valence-electron chi connectivity index (χ3n) is 3.07. The molecular weight excluding hydrogens is 284 g/mol. The van der Waals surface area contributed by atoms with E-state index in [-0.39, 0.29) is 30.2 Å². The van der Waals surface area contributed by atoms with E-state index in [2.05, 4.69) is 0 Å². The second-order valence-corrected chi connectivity index (χ2v) is 5.57. The number of ether oxygens (including phenoxy) is 2. The van der Waals surface area contributed by atoms with Gasteiger partial charge in [-0.1, -0.05) is 12.2 Å². The number of ketones is 1. The maximum absolute atomic E-state index is 11.7. The Morgan fingerprint density at radius 1 is 1.36 bits per heavy atom. The largest absolute Gasteiger partial charge is 0.463 e. The molecule has 0 unspecified atom stereocenters. The van der Waals surface area contributed by atoms with E-state index in [1.54, 1.807) is 6.08 Å². The van der Waals surface area contributed by atoms with Gasteiger partial charge in [-0.15, -0.1) is 0 Å². The quantitative estimate of drug-likeness (QED) is 0.392. The summed E-state index contributed by atoms with van der Waals surface area (Å²) in [5.74, 6) is -0.531. The zero-order valence-corrected chi connectivity index (χ0v) is 13.5. The number of unbranched alkanes of at least 4 members (excludes halogenated alkanes) is 1. The summed E-state index contributed by atoms with van der Waals surface area (Å²) in [7, 11) is 0. The van der Waals surface area contributed by atoms with Crippen LogP contribution >= 0.6 is 0 Å². The second kappa shape index (κ2) is 9.18. The molecule has 0 fully saturated rings. The fourth-order valence-corrected chi connectivity index (χ4v) is 2.18. The zero-order valence-electron chi connectivity index (χ0n) is 13.5. The monoisotopic (exact) mass is 308 g/mol. The number of carbonyl (C=O) groups excluding carboxylic acids is 3. The van der Waals surface area contributed by atoms with Crippen molar-refractivity contribution in [2.75, 3.05) is 0 Å². The standard InChI is InChI=1S/C17H24O5/c1-12(2)21-17(20)9-7-5-4-6-8-14-10-15(11-16(14)19)22-13(3)18/h4,6,10,12,15H,5,7-9,11H2,1-3H3/b6-4-/t15-/m0/s1. The van der Waals surface area contributed by atoms with Crippen molar-refractivity contribution in [1.82, 2.24) is 0 Å². The third kappa shape index (κ3) is 7.20. The number of rotatable bonds is 8. The van der Waals surface area contributed by atoms with Gasteiger partial charge < -0.3 is 9.47 Å². The van der Waals surface area contributed by atoms with Gasteiger partial charge in [0.25, 0.3) is 0 Å². The van der Waals surface area contributed by atoms with Crippen molar-refractivity contribution in [3.05, 3.63) is 23.8 Å². The van der Waals surface area contributed by atoms with Gasteiger partial charge in [-0.25, -0.2) is 0 Å². The zero-order chi connectivity index (χ0) is 16.5. The fraction of sp³-hybridized carbons (Fsp3) is 0.588. The third-order valence-corrected chi connectivity index (χ3v) is 3.07. The van der Waals surface area contributed by atoms with Crippen LogP contribution < -0.4 is 0 Å². The van der Waals surface area contributed by atoms with Gasteiger partial charge in [-0.05, 0) is 44.8 Å². The molecule has 0 aromatic heterocycles. The topological polar surface area (TPSA) is 69.7 Å². The van der Waals surface area contributed by atoms with Crippen LogP contribution in [0.3, 0.4) is 0 Å². The number of carbonyl (C=O) groups is 3. The lowest BCUT2D eigenvalue weighted by Crippen LogP contribution is -2.12.